The fourth-order valence-corrected chi connectivity index (χ4v) is 2.41. The van der Waals surface area contributed by atoms with E-state index in [1.807, 2.05) is 0 Å². The molecule has 1 aromatic rings. The topological polar surface area (TPSA) is 55.6 Å². The van der Waals surface area contributed by atoms with Gasteiger partial charge in [0.2, 0.25) is 0 Å². The van der Waals surface area contributed by atoms with Gasteiger partial charge in [-0.25, -0.2) is 0 Å². The van der Waals surface area contributed by atoms with E-state index in [0.717, 1.165) is 30.6 Å². The predicted octanol–water partition coefficient (Wildman–Crippen LogP) is 2.76. The van der Waals surface area contributed by atoms with Crippen LogP contribution in [0.3, 0.4) is 0 Å². The van der Waals surface area contributed by atoms with Crippen molar-refractivity contribution in [2.45, 2.75) is 32.7 Å². The molecule has 0 aromatic heterocycles. The summed E-state index contributed by atoms with van der Waals surface area (Å²) < 4.78 is 5.09. The molecule has 1 heterocycles. The summed E-state index contributed by atoms with van der Waals surface area (Å²) in [6.45, 7) is 5.19. The van der Waals surface area contributed by atoms with E-state index in [4.69, 9.17) is 4.74 Å². The minimum Gasteiger partial charge on any atom is -0.490 e. The number of anilines is 1. The molecule has 5 heteroatoms. The minimum atomic E-state index is -0.383. The molecular weight excluding hydrogens is 232 g/mol. The first kappa shape index (κ1) is 12.7. The third-order valence-electron chi connectivity index (χ3n) is 3.63. The van der Waals surface area contributed by atoms with Crippen LogP contribution in [0.4, 0.5) is 11.4 Å². The maximum atomic E-state index is 11.0. The zero-order valence-corrected chi connectivity index (χ0v) is 11.0. The van der Waals surface area contributed by atoms with Crippen molar-refractivity contribution in [1.82, 2.24) is 0 Å². The number of fused-ring (bicyclic) bond motifs is 1. The predicted molar refractivity (Wildman–Crippen MR) is 70.5 cm³/mol. The van der Waals surface area contributed by atoms with Crippen LogP contribution in [0.5, 0.6) is 5.75 Å². The van der Waals surface area contributed by atoms with Gasteiger partial charge in [0.05, 0.1) is 12.0 Å². The lowest BCUT2D eigenvalue weighted by Gasteiger charge is -2.26. The molecule has 0 spiro atoms. The fourth-order valence-electron chi connectivity index (χ4n) is 2.41. The van der Waals surface area contributed by atoms with Gasteiger partial charge >= 0.3 is 5.69 Å². The Morgan fingerprint density at radius 3 is 2.83 bits per heavy atom. The molecule has 1 aliphatic heterocycles. The average Bonchev–Trinajstić information content (AvgIpc) is 2.78. The molecule has 1 unspecified atom stereocenters. The SMILES string of the molecule is CCC(C)N1CCc2cc(OC)c([N+](=O)[O-])cc21. The van der Waals surface area contributed by atoms with E-state index in [1.165, 1.54) is 7.11 Å². The van der Waals surface area contributed by atoms with Crippen LogP contribution in [-0.2, 0) is 6.42 Å². The standard InChI is InChI=1S/C13H18N2O3/c1-4-9(2)14-6-5-10-7-13(18-3)12(15(16)17)8-11(10)14/h7-9H,4-6H2,1-3H3. The van der Waals surface area contributed by atoms with Gasteiger partial charge in [0.1, 0.15) is 0 Å². The monoisotopic (exact) mass is 250 g/mol. The van der Waals surface area contributed by atoms with Crippen LogP contribution >= 0.6 is 0 Å². The average molecular weight is 250 g/mol. The lowest BCUT2D eigenvalue weighted by atomic mass is 10.1. The Kier molecular flexibility index (Phi) is 3.41. The fraction of sp³-hybridized carbons (Fsp3) is 0.538. The zero-order chi connectivity index (χ0) is 13.3. The highest BCUT2D eigenvalue weighted by Crippen LogP contribution is 2.39. The summed E-state index contributed by atoms with van der Waals surface area (Å²) in [5, 5.41) is 11.0. The second-order valence-corrected chi connectivity index (χ2v) is 4.61. The van der Waals surface area contributed by atoms with Gasteiger partial charge in [0.15, 0.2) is 5.75 Å². The van der Waals surface area contributed by atoms with Gasteiger partial charge in [0.25, 0.3) is 0 Å². The third-order valence-corrected chi connectivity index (χ3v) is 3.63. The highest BCUT2D eigenvalue weighted by atomic mass is 16.6. The molecule has 5 nitrogen and oxygen atoms in total. The number of hydrogen-bond donors (Lipinski definition) is 0. The second kappa shape index (κ2) is 4.84. The Hall–Kier alpha value is -1.78. The molecule has 1 atom stereocenters. The van der Waals surface area contributed by atoms with Crippen molar-refractivity contribution in [2.24, 2.45) is 0 Å². The molecule has 0 radical (unpaired) electrons. The third kappa shape index (κ3) is 2.00. The van der Waals surface area contributed by atoms with Crippen LogP contribution in [0.1, 0.15) is 25.8 Å². The highest BCUT2D eigenvalue weighted by molar-refractivity contribution is 5.67. The van der Waals surface area contributed by atoms with Gasteiger partial charge in [-0.15, -0.1) is 0 Å². The first-order valence-corrected chi connectivity index (χ1v) is 6.20. The lowest BCUT2D eigenvalue weighted by molar-refractivity contribution is -0.385. The second-order valence-electron chi connectivity index (χ2n) is 4.61. The van der Waals surface area contributed by atoms with Crippen LogP contribution in [0.15, 0.2) is 12.1 Å². The summed E-state index contributed by atoms with van der Waals surface area (Å²) >= 11 is 0. The van der Waals surface area contributed by atoms with E-state index in [0.29, 0.717) is 11.8 Å². The number of benzene rings is 1. The summed E-state index contributed by atoms with van der Waals surface area (Å²) in [4.78, 5) is 12.9. The van der Waals surface area contributed by atoms with Crippen LogP contribution < -0.4 is 9.64 Å². The molecule has 0 aliphatic carbocycles. The molecule has 1 aromatic carbocycles. The Balaban J connectivity index is 2.47. The van der Waals surface area contributed by atoms with Gasteiger partial charge in [-0.3, -0.25) is 10.1 Å². The molecular formula is C13H18N2O3. The maximum Gasteiger partial charge on any atom is 0.312 e. The Bertz CT molecular complexity index is 474. The van der Waals surface area contributed by atoms with Crippen LogP contribution in [0.2, 0.25) is 0 Å². The number of nitro groups is 1. The quantitative estimate of drug-likeness (QED) is 0.609. The molecule has 2 rings (SSSR count). The highest BCUT2D eigenvalue weighted by Gasteiger charge is 2.27. The number of methoxy groups -OCH3 is 1. The van der Waals surface area contributed by atoms with Crippen LogP contribution in [0.25, 0.3) is 0 Å². The van der Waals surface area contributed by atoms with Gasteiger partial charge in [-0.2, -0.15) is 0 Å². The smallest absolute Gasteiger partial charge is 0.312 e. The summed E-state index contributed by atoms with van der Waals surface area (Å²) in [6.07, 6.45) is 1.95. The summed E-state index contributed by atoms with van der Waals surface area (Å²) in [6, 6.07) is 3.85. The first-order valence-electron chi connectivity index (χ1n) is 6.20. The van der Waals surface area contributed by atoms with Gasteiger partial charge in [-0.05, 0) is 31.4 Å². The minimum absolute atomic E-state index is 0.0476. The van der Waals surface area contributed by atoms with Crippen molar-refractivity contribution in [2.75, 3.05) is 18.6 Å². The van der Waals surface area contributed by atoms with Crippen LogP contribution in [-0.4, -0.2) is 24.6 Å². The van der Waals surface area contributed by atoms with Crippen molar-refractivity contribution >= 4 is 11.4 Å². The number of nitrogens with zero attached hydrogens (tertiary/aromatic N) is 2. The van der Waals surface area contributed by atoms with Crippen LogP contribution in [0, 0.1) is 10.1 Å². The molecule has 1 aliphatic rings. The Morgan fingerprint density at radius 2 is 2.28 bits per heavy atom. The largest absolute Gasteiger partial charge is 0.490 e. The molecule has 0 bridgehead atoms. The van der Waals surface area contributed by atoms with E-state index >= 15 is 0 Å². The van der Waals surface area contributed by atoms with E-state index in [1.54, 1.807) is 12.1 Å². The summed E-state index contributed by atoms with van der Waals surface area (Å²) in [5.74, 6) is 0.352. The van der Waals surface area contributed by atoms with Crippen molar-refractivity contribution in [1.29, 1.82) is 0 Å². The molecule has 0 amide bonds. The normalized spacial score (nSPS) is 15.4. The molecule has 0 fully saturated rings. The first-order chi connectivity index (χ1) is 8.58. The van der Waals surface area contributed by atoms with Gasteiger partial charge in [0, 0.05) is 24.3 Å². The van der Waals surface area contributed by atoms with Gasteiger partial charge < -0.3 is 9.64 Å². The number of nitro benzene ring substituents is 1. The number of rotatable bonds is 4. The Morgan fingerprint density at radius 1 is 1.56 bits per heavy atom. The zero-order valence-electron chi connectivity index (χ0n) is 11.0. The van der Waals surface area contributed by atoms with E-state index in [-0.39, 0.29) is 10.6 Å². The van der Waals surface area contributed by atoms with Gasteiger partial charge in [-0.1, -0.05) is 6.92 Å². The number of ether oxygens (including phenoxy) is 1. The van der Waals surface area contributed by atoms with Crippen molar-refractivity contribution in [3.8, 4) is 5.75 Å². The van der Waals surface area contributed by atoms with Crippen molar-refractivity contribution in [3.05, 3.63) is 27.8 Å². The van der Waals surface area contributed by atoms with E-state index in [2.05, 4.69) is 18.7 Å². The van der Waals surface area contributed by atoms with E-state index < -0.39 is 0 Å². The molecule has 0 saturated heterocycles. The van der Waals surface area contributed by atoms with E-state index in [9.17, 15) is 10.1 Å². The lowest BCUT2D eigenvalue weighted by Crippen LogP contribution is -2.30. The number of hydrogen-bond acceptors (Lipinski definition) is 4. The Labute approximate surface area is 107 Å². The molecule has 18 heavy (non-hydrogen) atoms. The van der Waals surface area contributed by atoms with Crippen molar-refractivity contribution in [3.63, 3.8) is 0 Å². The molecule has 98 valence electrons. The molecule has 0 N–H and O–H groups in total. The summed E-state index contributed by atoms with van der Waals surface area (Å²) in [5.41, 5.74) is 2.17. The molecule has 0 saturated carbocycles. The summed E-state index contributed by atoms with van der Waals surface area (Å²) in [7, 11) is 1.47. The van der Waals surface area contributed by atoms with Crippen molar-refractivity contribution < 1.29 is 9.66 Å². The maximum absolute atomic E-state index is 11.0.